The molecule has 0 radical (unpaired) electrons. The van der Waals surface area contributed by atoms with Crippen LogP contribution < -0.4 is 0 Å². The van der Waals surface area contributed by atoms with Gasteiger partial charge in [-0.15, -0.1) is 0 Å². The van der Waals surface area contributed by atoms with Crippen molar-refractivity contribution in [3.8, 4) is 0 Å². The van der Waals surface area contributed by atoms with Gasteiger partial charge in [-0.3, -0.25) is 4.79 Å². The van der Waals surface area contributed by atoms with Crippen molar-refractivity contribution in [2.24, 2.45) is 0 Å². The standard InChI is InChI=1S/C14H18ClNO/c15-13-7-5-12(6-8-13)14(17)4-3-11-16-9-1-2-10-16/h5-8H,1-4,9-11H2. The zero-order valence-electron chi connectivity index (χ0n) is 9.99. The van der Waals surface area contributed by atoms with Crippen LogP contribution in [-0.4, -0.2) is 30.3 Å². The third kappa shape index (κ3) is 3.83. The average molecular weight is 252 g/mol. The Morgan fingerprint density at radius 1 is 1.18 bits per heavy atom. The van der Waals surface area contributed by atoms with E-state index < -0.39 is 0 Å². The molecule has 2 rings (SSSR count). The van der Waals surface area contributed by atoms with Crippen LogP contribution in [0.25, 0.3) is 0 Å². The van der Waals surface area contributed by atoms with Crippen molar-refractivity contribution < 1.29 is 4.79 Å². The van der Waals surface area contributed by atoms with Crippen molar-refractivity contribution >= 4 is 17.4 Å². The molecule has 1 fully saturated rings. The Morgan fingerprint density at radius 2 is 1.82 bits per heavy atom. The number of carbonyl (C=O) groups excluding carboxylic acids is 1. The number of carbonyl (C=O) groups is 1. The predicted octanol–water partition coefficient (Wildman–Crippen LogP) is 3.40. The molecule has 0 N–H and O–H groups in total. The Bertz CT molecular complexity index is 368. The number of Topliss-reactive ketones (excluding diaryl/α,β-unsaturated/α-hetero) is 1. The second-order valence-corrected chi connectivity index (χ2v) is 5.02. The number of benzene rings is 1. The second-order valence-electron chi connectivity index (χ2n) is 4.58. The molecular weight excluding hydrogens is 234 g/mol. The van der Waals surface area contributed by atoms with E-state index in [0.29, 0.717) is 11.4 Å². The van der Waals surface area contributed by atoms with Gasteiger partial charge in [0.05, 0.1) is 0 Å². The molecule has 0 spiro atoms. The fraction of sp³-hybridized carbons (Fsp3) is 0.500. The summed E-state index contributed by atoms with van der Waals surface area (Å²) in [5.41, 5.74) is 0.774. The summed E-state index contributed by atoms with van der Waals surface area (Å²) in [5.74, 6) is 0.223. The molecule has 92 valence electrons. The van der Waals surface area contributed by atoms with Gasteiger partial charge >= 0.3 is 0 Å². The van der Waals surface area contributed by atoms with Gasteiger partial charge in [0.15, 0.2) is 5.78 Å². The quantitative estimate of drug-likeness (QED) is 0.748. The van der Waals surface area contributed by atoms with Gasteiger partial charge in [-0.05, 0) is 63.2 Å². The highest BCUT2D eigenvalue weighted by Gasteiger charge is 2.12. The first-order chi connectivity index (χ1) is 8.25. The van der Waals surface area contributed by atoms with E-state index in [0.717, 1.165) is 18.5 Å². The van der Waals surface area contributed by atoms with Crippen molar-refractivity contribution in [1.29, 1.82) is 0 Å². The SMILES string of the molecule is O=C(CCCN1CCCC1)c1ccc(Cl)cc1. The Labute approximate surface area is 108 Å². The molecule has 0 aliphatic carbocycles. The lowest BCUT2D eigenvalue weighted by molar-refractivity contribution is 0.0976. The van der Waals surface area contributed by atoms with Crippen LogP contribution in [0.3, 0.4) is 0 Å². The molecule has 1 heterocycles. The number of ketones is 1. The smallest absolute Gasteiger partial charge is 0.162 e. The first-order valence-corrected chi connectivity index (χ1v) is 6.64. The molecule has 0 aromatic heterocycles. The number of hydrogen-bond acceptors (Lipinski definition) is 2. The summed E-state index contributed by atoms with van der Waals surface area (Å²) in [4.78, 5) is 14.3. The van der Waals surface area contributed by atoms with Gasteiger partial charge in [-0.2, -0.15) is 0 Å². The number of nitrogens with zero attached hydrogens (tertiary/aromatic N) is 1. The minimum Gasteiger partial charge on any atom is -0.303 e. The monoisotopic (exact) mass is 251 g/mol. The Hall–Kier alpha value is -0.860. The Morgan fingerprint density at radius 3 is 2.47 bits per heavy atom. The van der Waals surface area contributed by atoms with Crippen molar-refractivity contribution in [3.05, 3.63) is 34.9 Å². The second kappa shape index (κ2) is 6.18. The summed E-state index contributed by atoms with van der Waals surface area (Å²) in [6.07, 6.45) is 4.22. The number of rotatable bonds is 5. The topological polar surface area (TPSA) is 20.3 Å². The van der Waals surface area contributed by atoms with E-state index in [4.69, 9.17) is 11.6 Å². The minimum atomic E-state index is 0.223. The normalized spacial score (nSPS) is 16.3. The number of hydrogen-bond donors (Lipinski definition) is 0. The number of likely N-dealkylation sites (tertiary alicyclic amines) is 1. The van der Waals surface area contributed by atoms with Gasteiger partial charge < -0.3 is 4.90 Å². The zero-order valence-corrected chi connectivity index (χ0v) is 10.7. The third-order valence-electron chi connectivity index (χ3n) is 3.24. The van der Waals surface area contributed by atoms with Crippen LogP contribution in [0.5, 0.6) is 0 Å². The van der Waals surface area contributed by atoms with Gasteiger partial charge in [0, 0.05) is 17.0 Å². The lowest BCUT2D eigenvalue weighted by atomic mass is 10.1. The third-order valence-corrected chi connectivity index (χ3v) is 3.50. The van der Waals surface area contributed by atoms with Gasteiger partial charge in [0.25, 0.3) is 0 Å². The molecule has 0 bridgehead atoms. The maximum atomic E-state index is 11.9. The average Bonchev–Trinajstić information content (AvgIpc) is 2.83. The summed E-state index contributed by atoms with van der Waals surface area (Å²) >= 11 is 5.79. The largest absolute Gasteiger partial charge is 0.303 e. The van der Waals surface area contributed by atoms with Crippen LogP contribution in [0.2, 0.25) is 5.02 Å². The summed E-state index contributed by atoms with van der Waals surface area (Å²) < 4.78 is 0. The lowest BCUT2D eigenvalue weighted by Gasteiger charge is -2.13. The highest BCUT2D eigenvalue weighted by Crippen LogP contribution is 2.13. The van der Waals surface area contributed by atoms with Crippen molar-refractivity contribution in [1.82, 2.24) is 4.90 Å². The van der Waals surface area contributed by atoms with Crippen molar-refractivity contribution in [2.45, 2.75) is 25.7 Å². The lowest BCUT2D eigenvalue weighted by Crippen LogP contribution is -2.21. The fourth-order valence-corrected chi connectivity index (χ4v) is 2.38. The molecule has 17 heavy (non-hydrogen) atoms. The highest BCUT2D eigenvalue weighted by atomic mass is 35.5. The first kappa shape index (κ1) is 12.6. The van der Waals surface area contributed by atoms with E-state index in [1.54, 1.807) is 24.3 Å². The number of halogens is 1. The van der Waals surface area contributed by atoms with E-state index in [2.05, 4.69) is 4.90 Å². The van der Waals surface area contributed by atoms with Crippen LogP contribution in [0, 0.1) is 0 Å². The molecule has 0 amide bonds. The minimum absolute atomic E-state index is 0.223. The molecule has 1 aliphatic rings. The van der Waals surface area contributed by atoms with E-state index in [1.165, 1.54) is 25.9 Å². The van der Waals surface area contributed by atoms with Crippen molar-refractivity contribution in [3.63, 3.8) is 0 Å². The first-order valence-electron chi connectivity index (χ1n) is 6.27. The van der Waals surface area contributed by atoms with E-state index >= 15 is 0 Å². The molecule has 1 aliphatic heterocycles. The highest BCUT2D eigenvalue weighted by molar-refractivity contribution is 6.30. The van der Waals surface area contributed by atoms with E-state index in [-0.39, 0.29) is 5.78 Å². The summed E-state index contributed by atoms with van der Waals surface area (Å²) in [7, 11) is 0. The summed E-state index contributed by atoms with van der Waals surface area (Å²) in [6, 6.07) is 7.16. The fourth-order valence-electron chi connectivity index (χ4n) is 2.25. The molecule has 0 unspecified atom stereocenters. The Kier molecular flexibility index (Phi) is 4.57. The van der Waals surface area contributed by atoms with Crippen LogP contribution in [-0.2, 0) is 0 Å². The van der Waals surface area contributed by atoms with Gasteiger partial charge in [0.2, 0.25) is 0 Å². The van der Waals surface area contributed by atoms with Gasteiger partial charge in [0.1, 0.15) is 0 Å². The Balaban J connectivity index is 1.75. The summed E-state index contributed by atoms with van der Waals surface area (Å²) in [5, 5.41) is 0.679. The molecule has 1 aromatic carbocycles. The maximum Gasteiger partial charge on any atom is 0.162 e. The molecule has 3 heteroatoms. The van der Waals surface area contributed by atoms with E-state index in [9.17, 15) is 4.79 Å². The van der Waals surface area contributed by atoms with Crippen molar-refractivity contribution in [2.75, 3.05) is 19.6 Å². The molecule has 0 saturated carbocycles. The van der Waals surface area contributed by atoms with Gasteiger partial charge in [-0.1, -0.05) is 11.6 Å². The molecule has 0 atom stereocenters. The van der Waals surface area contributed by atoms with Crippen LogP contribution >= 0.6 is 11.6 Å². The molecule has 2 nitrogen and oxygen atoms in total. The van der Waals surface area contributed by atoms with Crippen LogP contribution in [0.4, 0.5) is 0 Å². The van der Waals surface area contributed by atoms with Gasteiger partial charge in [-0.25, -0.2) is 0 Å². The molecule has 1 saturated heterocycles. The molecular formula is C14H18ClNO. The molecule has 1 aromatic rings. The summed E-state index contributed by atoms with van der Waals surface area (Å²) in [6.45, 7) is 3.46. The maximum absolute atomic E-state index is 11.9. The zero-order chi connectivity index (χ0) is 12.1. The van der Waals surface area contributed by atoms with Crippen LogP contribution in [0.1, 0.15) is 36.0 Å². The predicted molar refractivity (Wildman–Crippen MR) is 70.7 cm³/mol. The van der Waals surface area contributed by atoms with E-state index in [1.807, 2.05) is 0 Å². The van der Waals surface area contributed by atoms with Crippen LogP contribution in [0.15, 0.2) is 24.3 Å².